The van der Waals surface area contributed by atoms with Crippen molar-refractivity contribution in [3.63, 3.8) is 0 Å². The Balaban J connectivity index is 3.53. The molecule has 0 fully saturated rings. The van der Waals surface area contributed by atoms with Crippen LogP contribution in [-0.4, -0.2) is 18.6 Å². The van der Waals surface area contributed by atoms with E-state index in [2.05, 4.69) is 0 Å². The monoisotopic (exact) mass is 185 g/mol. The number of halogens is 1. The van der Waals surface area contributed by atoms with E-state index in [1.54, 1.807) is 6.92 Å². The zero-order valence-corrected chi connectivity index (χ0v) is 7.70. The van der Waals surface area contributed by atoms with Gasteiger partial charge in [-0.1, -0.05) is 0 Å². The molecule has 10 heavy (non-hydrogen) atoms. The molecule has 0 rings (SSSR count). The second-order valence-electron chi connectivity index (χ2n) is 1.91. The van der Waals surface area contributed by atoms with Crippen molar-refractivity contribution in [3.8, 4) is 0 Å². The molecule has 0 aromatic heterocycles. The smallest absolute Gasteiger partial charge is 0.267 e. The fourth-order valence-electron chi connectivity index (χ4n) is 0.563. The van der Waals surface area contributed by atoms with Gasteiger partial charge in [0.05, 0.1) is 6.61 Å². The molecule has 1 unspecified atom stereocenters. The van der Waals surface area contributed by atoms with Gasteiger partial charge < -0.3 is 4.52 Å². The maximum atomic E-state index is 11.1. The molecule has 3 nitrogen and oxygen atoms in total. The van der Waals surface area contributed by atoms with Crippen LogP contribution in [-0.2, 0) is 9.09 Å². The lowest BCUT2D eigenvalue weighted by Gasteiger charge is -2.09. The van der Waals surface area contributed by atoms with Gasteiger partial charge in [-0.2, -0.15) is 0 Å². The van der Waals surface area contributed by atoms with Crippen LogP contribution in [0.1, 0.15) is 13.3 Å². The summed E-state index contributed by atoms with van der Waals surface area (Å²) in [6, 6.07) is 0. The van der Waals surface area contributed by atoms with Gasteiger partial charge in [0.2, 0.25) is 0 Å². The van der Waals surface area contributed by atoms with Crippen LogP contribution in [0.2, 0.25) is 0 Å². The Morgan fingerprint density at radius 1 is 1.70 bits per heavy atom. The van der Waals surface area contributed by atoms with E-state index in [9.17, 15) is 4.57 Å². The van der Waals surface area contributed by atoms with Gasteiger partial charge in [0, 0.05) is 12.0 Å². The standard InChI is InChI=1S/C5H13ClNO2P/c1-2-9-10(7,8)5-3-4-6/h2-5H2,1H3,(H2,7,8). The molecular formula is C5H13ClNO2P. The molecule has 0 amide bonds. The van der Waals surface area contributed by atoms with Crippen LogP contribution in [0.4, 0.5) is 0 Å². The Morgan fingerprint density at radius 3 is 2.70 bits per heavy atom. The lowest BCUT2D eigenvalue weighted by Crippen LogP contribution is -2.04. The Morgan fingerprint density at radius 2 is 2.30 bits per heavy atom. The molecule has 0 bridgehead atoms. The van der Waals surface area contributed by atoms with E-state index in [1.807, 2.05) is 0 Å². The molecule has 0 aromatic rings. The summed E-state index contributed by atoms with van der Waals surface area (Å²) in [5.41, 5.74) is 5.29. The van der Waals surface area contributed by atoms with E-state index < -0.39 is 7.52 Å². The molecule has 0 radical (unpaired) electrons. The highest BCUT2D eigenvalue weighted by molar-refractivity contribution is 7.56. The highest BCUT2D eigenvalue weighted by atomic mass is 35.5. The minimum Gasteiger partial charge on any atom is -0.318 e. The fraction of sp³-hybridized carbons (Fsp3) is 1.00. The summed E-state index contributed by atoms with van der Waals surface area (Å²) in [5, 5.41) is 0. The van der Waals surface area contributed by atoms with Crippen molar-refractivity contribution in [3.05, 3.63) is 0 Å². The Bertz CT molecular complexity index is 131. The first-order chi connectivity index (χ1) is 4.62. The Labute approximate surface area is 66.4 Å². The third-order valence-corrected chi connectivity index (χ3v) is 2.85. The van der Waals surface area contributed by atoms with Crippen LogP contribution < -0.4 is 5.50 Å². The quantitative estimate of drug-likeness (QED) is 0.525. The summed E-state index contributed by atoms with van der Waals surface area (Å²) >= 11 is 5.38. The molecule has 2 N–H and O–H groups in total. The van der Waals surface area contributed by atoms with Crippen LogP contribution in [0.25, 0.3) is 0 Å². The maximum absolute atomic E-state index is 11.1. The van der Waals surface area contributed by atoms with Crippen molar-refractivity contribution >= 4 is 19.1 Å². The summed E-state index contributed by atoms with van der Waals surface area (Å²) in [6.45, 7) is 2.16. The highest BCUT2D eigenvalue weighted by Crippen LogP contribution is 2.37. The average Bonchev–Trinajstić information content (AvgIpc) is 1.84. The third-order valence-electron chi connectivity index (χ3n) is 0.951. The van der Waals surface area contributed by atoms with Gasteiger partial charge in [-0.25, -0.2) is 0 Å². The molecule has 0 aliphatic heterocycles. The van der Waals surface area contributed by atoms with Gasteiger partial charge in [0.15, 0.2) is 0 Å². The van der Waals surface area contributed by atoms with Gasteiger partial charge in [-0.15, -0.1) is 11.6 Å². The van der Waals surface area contributed by atoms with E-state index in [0.717, 1.165) is 0 Å². The largest absolute Gasteiger partial charge is 0.318 e. The van der Waals surface area contributed by atoms with Gasteiger partial charge in [-0.05, 0) is 13.3 Å². The lowest BCUT2D eigenvalue weighted by molar-refractivity contribution is 0.333. The summed E-state index contributed by atoms with van der Waals surface area (Å²) < 4.78 is 15.9. The van der Waals surface area contributed by atoms with Crippen LogP contribution >= 0.6 is 19.1 Å². The first-order valence-corrected chi connectivity index (χ1v) is 5.62. The van der Waals surface area contributed by atoms with E-state index in [0.29, 0.717) is 25.1 Å². The van der Waals surface area contributed by atoms with E-state index in [-0.39, 0.29) is 0 Å². The van der Waals surface area contributed by atoms with Gasteiger partial charge >= 0.3 is 0 Å². The molecule has 5 heteroatoms. The number of rotatable bonds is 5. The fourth-order valence-corrected chi connectivity index (χ4v) is 2.05. The number of alkyl halides is 1. The van der Waals surface area contributed by atoms with Crippen molar-refractivity contribution in [2.24, 2.45) is 5.50 Å². The van der Waals surface area contributed by atoms with Crippen LogP contribution in [0.3, 0.4) is 0 Å². The first kappa shape index (κ1) is 10.4. The zero-order chi connectivity index (χ0) is 8.04. The normalized spacial score (nSPS) is 16.7. The van der Waals surface area contributed by atoms with Crippen molar-refractivity contribution in [2.75, 3.05) is 18.6 Å². The SMILES string of the molecule is CCOP(N)(=O)CCCCl. The van der Waals surface area contributed by atoms with E-state index >= 15 is 0 Å². The van der Waals surface area contributed by atoms with Crippen LogP contribution in [0, 0.1) is 0 Å². The minimum atomic E-state index is -2.79. The zero-order valence-electron chi connectivity index (χ0n) is 6.05. The maximum Gasteiger partial charge on any atom is 0.267 e. The summed E-state index contributed by atoms with van der Waals surface area (Å²) in [6.07, 6.45) is 1.03. The third kappa shape index (κ3) is 5.24. The second kappa shape index (κ2) is 5.14. The van der Waals surface area contributed by atoms with Crippen molar-refractivity contribution in [1.29, 1.82) is 0 Å². The lowest BCUT2D eigenvalue weighted by atomic mass is 10.6. The van der Waals surface area contributed by atoms with E-state index in [1.165, 1.54) is 0 Å². The predicted molar refractivity (Wildman–Crippen MR) is 43.6 cm³/mol. The van der Waals surface area contributed by atoms with Crippen molar-refractivity contribution < 1.29 is 9.09 Å². The molecule has 0 saturated heterocycles. The van der Waals surface area contributed by atoms with Crippen LogP contribution in [0.5, 0.6) is 0 Å². The van der Waals surface area contributed by atoms with Crippen molar-refractivity contribution in [2.45, 2.75) is 13.3 Å². The van der Waals surface area contributed by atoms with Crippen molar-refractivity contribution in [1.82, 2.24) is 0 Å². The van der Waals surface area contributed by atoms with Gasteiger partial charge in [-0.3, -0.25) is 10.1 Å². The molecular weight excluding hydrogens is 172 g/mol. The number of nitrogens with two attached hydrogens (primary N) is 1. The first-order valence-electron chi connectivity index (χ1n) is 3.20. The second-order valence-corrected chi connectivity index (χ2v) is 4.45. The van der Waals surface area contributed by atoms with E-state index in [4.69, 9.17) is 21.6 Å². The molecule has 0 saturated carbocycles. The predicted octanol–water partition coefficient (Wildman–Crippen LogP) is 1.80. The Hall–Kier alpha value is 0.440. The minimum absolute atomic E-state index is 0.379. The molecule has 0 aliphatic rings. The van der Waals surface area contributed by atoms with Crippen LogP contribution in [0.15, 0.2) is 0 Å². The topological polar surface area (TPSA) is 52.3 Å². The van der Waals surface area contributed by atoms with Gasteiger partial charge in [0.1, 0.15) is 0 Å². The molecule has 62 valence electrons. The summed E-state index contributed by atoms with van der Waals surface area (Å²) in [5.74, 6) is 0.480. The molecule has 0 aliphatic carbocycles. The summed E-state index contributed by atoms with van der Waals surface area (Å²) in [7, 11) is -2.79. The molecule has 0 heterocycles. The molecule has 0 spiro atoms. The average molecular weight is 186 g/mol. The highest BCUT2D eigenvalue weighted by Gasteiger charge is 2.13. The summed E-state index contributed by atoms with van der Waals surface area (Å²) in [4.78, 5) is 0. The molecule has 0 aromatic carbocycles. The number of hydrogen-bond donors (Lipinski definition) is 1. The number of hydrogen-bond acceptors (Lipinski definition) is 2. The van der Waals surface area contributed by atoms with Gasteiger partial charge in [0.25, 0.3) is 7.52 Å². The Kier molecular flexibility index (Phi) is 5.36. The molecule has 1 atom stereocenters.